The predicted molar refractivity (Wildman–Crippen MR) is 105 cm³/mol. The molecule has 0 bridgehead atoms. The lowest BCUT2D eigenvalue weighted by Gasteiger charge is -2.32. The number of rotatable bonds is 9. The topological polar surface area (TPSA) is 75.1 Å². The fourth-order valence-electron chi connectivity index (χ4n) is 3.32. The minimum Gasteiger partial charge on any atom is -0.490 e. The molecule has 0 unspecified atom stereocenters. The summed E-state index contributed by atoms with van der Waals surface area (Å²) in [6, 6.07) is 5.00. The summed E-state index contributed by atoms with van der Waals surface area (Å²) in [4.78, 5) is 4.47. The number of para-hydroxylation sites is 1. The first-order chi connectivity index (χ1) is 13.5. The van der Waals surface area contributed by atoms with E-state index in [1.54, 1.807) is 25.1 Å². The van der Waals surface area contributed by atoms with Gasteiger partial charge in [-0.3, -0.25) is 0 Å². The lowest BCUT2D eigenvalue weighted by Crippen LogP contribution is -2.48. The summed E-state index contributed by atoms with van der Waals surface area (Å²) in [5.74, 6) is 0.793. The maximum atomic E-state index is 12.8. The molecule has 158 valence electrons. The number of guanidine groups is 1. The van der Waals surface area contributed by atoms with Gasteiger partial charge in [-0.25, -0.2) is 4.99 Å². The second kappa shape index (κ2) is 11.0. The number of hydrogen-bond donors (Lipinski definition) is 3. The van der Waals surface area contributed by atoms with E-state index in [0.717, 1.165) is 32.1 Å². The van der Waals surface area contributed by atoms with Crippen molar-refractivity contribution >= 4 is 5.96 Å². The Hall–Kier alpha value is -2.09. The van der Waals surface area contributed by atoms with Gasteiger partial charge in [0, 0.05) is 18.7 Å². The van der Waals surface area contributed by atoms with Crippen LogP contribution >= 0.6 is 0 Å². The van der Waals surface area contributed by atoms with Crippen LogP contribution in [0.4, 0.5) is 8.78 Å². The molecule has 1 aromatic rings. The van der Waals surface area contributed by atoms with Gasteiger partial charge in [0.25, 0.3) is 0 Å². The van der Waals surface area contributed by atoms with E-state index < -0.39 is 12.2 Å². The number of nitrogens with zero attached hydrogens (tertiary/aromatic N) is 1. The maximum absolute atomic E-state index is 12.8. The van der Waals surface area contributed by atoms with Crippen molar-refractivity contribution in [1.29, 1.82) is 0 Å². The summed E-state index contributed by atoms with van der Waals surface area (Å²) in [5, 5.41) is 16.9. The normalized spacial score (nSPS) is 16.7. The number of benzene rings is 1. The molecule has 0 heterocycles. The molecule has 1 fully saturated rings. The number of hydrogen-bond acceptors (Lipinski definition) is 4. The summed E-state index contributed by atoms with van der Waals surface area (Å²) in [7, 11) is 0. The molecule has 6 nitrogen and oxygen atoms in total. The average molecular weight is 399 g/mol. The molecule has 2 rings (SSSR count). The Balaban J connectivity index is 2.11. The minimum absolute atomic E-state index is 0.00450. The Morgan fingerprint density at radius 2 is 1.96 bits per heavy atom. The van der Waals surface area contributed by atoms with Crippen molar-refractivity contribution < 1.29 is 23.4 Å². The Labute approximate surface area is 165 Å². The van der Waals surface area contributed by atoms with Crippen LogP contribution in [0.1, 0.15) is 51.5 Å². The van der Waals surface area contributed by atoms with Crippen LogP contribution in [0.3, 0.4) is 0 Å². The van der Waals surface area contributed by atoms with Crippen LogP contribution < -0.4 is 20.1 Å². The summed E-state index contributed by atoms with van der Waals surface area (Å²) >= 11 is 0. The third-order valence-electron chi connectivity index (χ3n) is 4.69. The Bertz CT molecular complexity index is 635. The van der Waals surface area contributed by atoms with Gasteiger partial charge in [0.05, 0.1) is 18.8 Å². The van der Waals surface area contributed by atoms with E-state index in [1.165, 1.54) is 0 Å². The van der Waals surface area contributed by atoms with Gasteiger partial charge >= 0.3 is 6.61 Å². The summed E-state index contributed by atoms with van der Waals surface area (Å²) in [6.07, 6.45) is 4.72. The molecular weight excluding hydrogens is 368 g/mol. The standard InChI is InChI=1S/C20H31F2N3O3/c1-3-23-19(25-14-20(26)11-6-5-7-12-20)24-13-15-9-8-10-16(27-4-2)17(15)28-18(21)22/h8-10,18,26H,3-7,11-14H2,1-2H3,(H2,23,24,25). The molecule has 0 aromatic heterocycles. The van der Waals surface area contributed by atoms with Crippen LogP contribution in [0.5, 0.6) is 11.5 Å². The van der Waals surface area contributed by atoms with Gasteiger partial charge in [-0.1, -0.05) is 31.4 Å². The first-order valence-electron chi connectivity index (χ1n) is 9.91. The number of aliphatic hydroxyl groups is 1. The van der Waals surface area contributed by atoms with Crippen molar-refractivity contribution in [2.45, 2.75) is 64.7 Å². The molecule has 8 heteroatoms. The van der Waals surface area contributed by atoms with Gasteiger partial charge in [-0.05, 0) is 32.8 Å². The van der Waals surface area contributed by atoms with E-state index in [9.17, 15) is 13.9 Å². The number of ether oxygens (including phenoxy) is 2. The van der Waals surface area contributed by atoms with E-state index in [2.05, 4.69) is 20.4 Å². The largest absolute Gasteiger partial charge is 0.490 e. The molecule has 0 saturated heterocycles. The molecule has 1 aromatic carbocycles. The molecule has 0 atom stereocenters. The van der Waals surface area contributed by atoms with Gasteiger partial charge in [-0.2, -0.15) is 8.78 Å². The zero-order valence-electron chi connectivity index (χ0n) is 16.6. The quantitative estimate of drug-likeness (QED) is 0.438. The van der Waals surface area contributed by atoms with Gasteiger partial charge in [-0.15, -0.1) is 0 Å². The molecule has 0 spiro atoms. The lowest BCUT2D eigenvalue weighted by atomic mass is 9.85. The lowest BCUT2D eigenvalue weighted by molar-refractivity contribution is -0.0520. The van der Waals surface area contributed by atoms with Crippen LogP contribution in [0, 0.1) is 0 Å². The highest BCUT2D eigenvalue weighted by atomic mass is 19.3. The molecule has 0 amide bonds. The minimum atomic E-state index is -2.95. The second-order valence-electron chi connectivity index (χ2n) is 6.89. The van der Waals surface area contributed by atoms with Crippen molar-refractivity contribution in [3.63, 3.8) is 0 Å². The Morgan fingerprint density at radius 1 is 1.21 bits per heavy atom. The Kier molecular flexibility index (Phi) is 8.76. The van der Waals surface area contributed by atoms with Gasteiger partial charge in [0.15, 0.2) is 17.5 Å². The van der Waals surface area contributed by atoms with E-state index in [1.807, 2.05) is 6.92 Å². The maximum Gasteiger partial charge on any atom is 0.387 e. The van der Waals surface area contributed by atoms with Crippen molar-refractivity contribution in [3.8, 4) is 11.5 Å². The Morgan fingerprint density at radius 3 is 2.61 bits per heavy atom. The highest BCUT2D eigenvalue weighted by Crippen LogP contribution is 2.33. The van der Waals surface area contributed by atoms with Crippen LogP contribution in [-0.4, -0.2) is 43.0 Å². The molecule has 28 heavy (non-hydrogen) atoms. The van der Waals surface area contributed by atoms with E-state index in [4.69, 9.17) is 4.74 Å². The van der Waals surface area contributed by atoms with Crippen molar-refractivity contribution in [1.82, 2.24) is 10.6 Å². The van der Waals surface area contributed by atoms with Crippen LogP contribution in [-0.2, 0) is 6.54 Å². The van der Waals surface area contributed by atoms with E-state index in [0.29, 0.717) is 31.2 Å². The van der Waals surface area contributed by atoms with E-state index in [-0.39, 0.29) is 18.0 Å². The first-order valence-corrected chi connectivity index (χ1v) is 9.91. The predicted octanol–water partition coefficient (Wildman–Crippen LogP) is 3.44. The highest BCUT2D eigenvalue weighted by Gasteiger charge is 2.29. The fraction of sp³-hybridized carbons (Fsp3) is 0.650. The van der Waals surface area contributed by atoms with Gasteiger partial charge in [0.2, 0.25) is 0 Å². The monoisotopic (exact) mass is 399 g/mol. The van der Waals surface area contributed by atoms with Gasteiger partial charge in [0.1, 0.15) is 0 Å². The molecule has 1 aliphatic rings. The first kappa shape index (κ1) is 22.2. The summed E-state index contributed by atoms with van der Waals surface area (Å²) in [6.45, 7) is 2.29. The van der Waals surface area contributed by atoms with Crippen molar-refractivity contribution in [2.24, 2.45) is 4.99 Å². The fourth-order valence-corrected chi connectivity index (χ4v) is 3.32. The van der Waals surface area contributed by atoms with Gasteiger partial charge < -0.3 is 25.2 Å². The second-order valence-corrected chi connectivity index (χ2v) is 6.89. The van der Waals surface area contributed by atoms with E-state index >= 15 is 0 Å². The molecule has 0 aliphatic heterocycles. The molecule has 3 N–H and O–H groups in total. The van der Waals surface area contributed by atoms with Crippen LogP contribution in [0.25, 0.3) is 0 Å². The number of halogens is 2. The van der Waals surface area contributed by atoms with Crippen LogP contribution in [0.2, 0.25) is 0 Å². The molecule has 0 radical (unpaired) electrons. The molecule has 1 aliphatic carbocycles. The molecular formula is C20H31F2N3O3. The number of alkyl halides is 2. The SMILES string of the molecule is CCNC(=NCc1cccc(OCC)c1OC(F)F)NCC1(O)CCCCC1. The van der Waals surface area contributed by atoms with Crippen molar-refractivity contribution in [2.75, 3.05) is 19.7 Å². The molecule has 1 saturated carbocycles. The van der Waals surface area contributed by atoms with Crippen LogP contribution in [0.15, 0.2) is 23.2 Å². The highest BCUT2D eigenvalue weighted by molar-refractivity contribution is 5.79. The smallest absolute Gasteiger partial charge is 0.387 e. The summed E-state index contributed by atoms with van der Waals surface area (Å²) in [5.41, 5.74) is -0.229. The zero-order chi connectivity index (χ0) is 20.4. The number of aliphatic imine (C=N–C) groups is 1. The number of nitrogens with one attached hydrogen (secondary N) is 2. The summed E-state index contributed by atoms with van der Waals surface area (Å²) < 4.78 is 35.8. The average Bonchev–Trinajstić information content (AvgIpc) is 2.66. The third-order valence-corrected chi connectivity index (χ3v) is 4.69. The zero-order valence-corrected chi connectivity index (χ0v) is 16.6. The van der Waals surface area contributed by atoms with Crippen molar-refractivity contribution in [3.05, 3.63) is 23.8 Å². The third kappa shape index (κ3) is 6.82.